The highest BCUT2D eigenvalue weighted by molar-refractivity contribution is 9.10. The first kappa shape index (κ1) is 14.8. The van der Waals surface area contributed by atoms with Crippen molar-refractivity contribution in [2.45, 2.75) is 25.8 Å². The number of nitrogens with zero attached hydrogens (tertiary/aromatic N) is 2. The zero-order valence-electron chi connectivity index (χ0n) is 11.7. The lowest BCUT2D eigenvalue weighted by atomic mass is 10.2. The number of aromatic nitrogens is 1. The van der Waals surface area contributed by atoms with Crippen molar-refractivity contribution in [3.63, 3.8) is 0 Å². The highest BCUT2D eigenvalue weighted by Crippen LogP contribution is 2.20. The summed E-state index contributed by atoms with van der Waals surface area (Å²) >= 11 is 3.50. The molecule has 2 rings (SSSR count). The molecule has 5 heteroatoms. The van der Waals surface area contributed by atoms with E-state index in [1.807, 2.05) is 6.92 Å². The van der Waals surface area contributed by atoms with Gasteiger partial charge in [-0.1, -0.05) is 0 Å². The van der Waals surface area contributed by atoms with Gasteiger partial charge in [-0.05, 0) is 54.4 Å². The number of aryl methyl sites for hydroxylation is 1. The highest BCUT2D eigenvalue weighted by Gasteiger charge is 2.19. The van der Waals surface area contributed by atoms with E-state index in [2.05, 4.69) is 43.3 Å². The molecule has 19 heavy (non-hydrogen) atoms. The van der Waals surface area contributed by atoms with Crippen LogP contribution in [-0.4, -0.2) is 44.4 Å². The Kier molecular flexibility index (Phi) is 5.60. The number of rotatable bonds is 6. The van der Waals surface area contributed by atoms with E-state index in [-0.39, 0.29) is 0 Å². The highest BCUT2D eigenvalue weighted by atomic mass is 79.9. The van der Waals surface area contributed by atoms with Crippen LogP contribution in [0, 0.1) is 6.92 Å². The molecule has 1 unspecified atom stereocenters. The van der Waals surface area contributed by atoms with Gasteiger partial charge >= 0.3 is 0 Å². The molecule has 0 amide bonds. The number of ether oxygens (including phenoxy) is 1. The predicted molar refractivity (Wildman–Crippen MR) is 81.8 cm³/mol. The Bertz CT molecular complexity index is 408. The van der Waals surface area contributed by atoms with Crippen LogP contribution in [-0.2, 0) is 4.74 Å². The topological polar surface area (TPSA) is 37.4 Å². The van der Waals surface area contributed by atoms with Crippen molar-refractivity contribution in [3.05, 3.63) is 22.3 Å². The van der Waals surface area contributed by atoms with Crippen molar-refractivity contribution in [1.29, 1.82) is 0 Å². The molecule has 1 aliphatic rings. The molecule has 0 aliphatic carbocycles. The first-order valence-corrected chi connectivity index (χ1v) is 7.60. The molecule has 1 saturated heterocycles. The van der Waals surface area contributed by atoms with Crippen LogP contribution in [0.3, 0.4) is 0 Å². The molecular weight excluding hydrogens is 306 g/mol. The van der Waals surface area contributed by atoms with E-state index in [4.69, 9.17) is 4.74 Å². The second kappa shape index (κ2) is 7.22. The number of hydrogen-bond acceptors (Lipinski definition) is 4. The van der Waals surface area contributed by atoms with Gasteiger partial charge in [0.1, 0.15) is 5.82 Å². The number of anilines is 1. The van der Waals surface area contributed by atoms with Gasteiger partial charge in [0, 0.05) is 30.7 Å². The number of nitrogens with one attached hydrogen (secondary N) is 1. The minimum atomic E-state index is 0.572. The molecule has 2 heterocycles. The Morgan fingerprint density at radius 3 is 3.00 bits per heavy atom. The first-order chi connectivity index (χ1) is 9.20. The van der Waals surface area contributed by atoms with Gasteiger partial charge in [-0.25, -0.2) is 4.98 Å². The lowest BCUT2D eigenvalue weighted by molar-refractivity contribution is 0.204. The summed E-state index contributed by atoms with van der Waals surface area (Å²) in [5, 5.41) is 3.54. The van der Waals surface area contributed by atoms with Crippen LogP contribution < -0.4 is 10.2 Å². The zero-order chi connectivity index (χ0) is 13.7. The lowest BCUT2D eigenvalue weighted by Gasteiger charge is -2.27. The summed E-state index contributed by atoms with van der Waals surface area (Å²) in [7, 11) is 1.74. The van der Waals surface area contributed by atoms with Gasteiger partial charge in [0.2, 0.25) is 0 Å². The third-order valence-corrected chi connectivity index (χ3v) is 4.34. The van der Waals surface area contributed by atoms with Gasteiger partial charge < -0.3 is 15.0 Å². The van der Waals surface area contributed by atoms with Crippen LogP contribution in [0.25, 0.3) is 0 Å². The monoisotopic (exact) mass is 327 g/mol. The molecule has 1 aromatic rings. The van der Waals surface area contributed by atoms with Crippen LogP contribution in [0.2, 0.25) is 0 Å². The molecule has 4 nitrogen and oxygen atoms in total. The predicted octanol–water partition coefficient (Wildman–Crippen LogP) is 2.36. The zero-order valence-corrected chi connectivity index (χ0v) is 13.2. The van der Waals surface area contributed by atoms with E-state index in [0.717, 1.165) is 42.2 Å². The molecule has 1 aliphatic heterocycles. The van der Waals surface area contributed by atoms with Gasteiger partial charge in [-0.2, -0.15) is 0 Å². The van der Waals surface area contributed by atoms with Crippen molar-refractivity contribution in [2.75, 3.05) is 38.3 Å². The Morgan fingerprint density at radius 1 is 1.53 bits per heavy atom. The third-order valence-electron chi connectivity index (χ3n) is 3.50. The van der Waals surface area contributed by atoms with Crippen LogP contribution in [0.4, 0.5) is 5.82 Å². The van der Waals surface area contributed by atoms with E-state index in [1.54, 1.807) is 7.11 Å². The number of halogens is 1. The average Bonchev–Trinajstić information content (AvgIpc) is 2.91. The molecule has 1 atom stereocenters. The SMILES string of the molecule is COCCN(CC1CCCN1)c1ccc(Br)c(C)n1. The number of pyridine rings is 1. The van der Waals surface area contributed by atoms with Gasteiger partial charge in [-0.15, -0.1) is 0 Å². The number of methoxy groups -OCH3 is 1. The standard InChI is InChI=1S/C14H22BrN3O/c1-11-13(15)5-6-14(17-11)18(8-9-19-2)10-12-4-3-7-16-12/h5-6,12,16H,3-4,7-10H2,1-2H3. The summed E-state index contributed by atoms with van der Waals surface area (Å²) in [6.07, 6.45) is 2.52. The Hall–Kier alpha value is -0.650. The van der Waals surface area contributed by atoms with Gasteiger partial charge in [-0.3, -0.25) is 0 Å². The van der Waals surface area contributed by atoms with Crippen molar-refractivity contribution in [3.8, 4) is 0 Å². The van der Waals surface area contributed by atoms with Gasteiger partial charge in [0.05, 0.1) is 12.3 Å². The Balaban J connectivity index is 2.08. The maximum atomic E-state index is 5.21. The normalized spacial score (nSPS) is 18.8. The molecule has 0 radical (unpaired) electrons. The largest absolute Gasteiger partial charge is 0.383 e. The molecule has 0 bridgehead atoms. The molecular formula is C14H22BrN3O. The maximum absolute atomic E-state index is 5.21. The van der Waals surface area contributed by atoms with E-state index < -0.39 is 0 Å². The van der Waals surface area contributed by atoms with Crippen LogP contribution in [0.15, 0.2) is 16.6 Å². The van der Waals surface area contributed by atoms with E-state index in [0.29, 0.717) is 6.04 Å². The van der Waals surface area contributed by atoms with Crippen LogP contribution in [0.5, 0.6) is 0 Å². The third kappa shape index (κ3) is 4.16. The molecule has 1 aromatic heterocycles. The summed E-state index contributed by atoms with van der Waals surface area (Å²) in [4.78, 5) is 6.98. The molecule has 0 spiro atoms. The number of hydrogen-bond donors (Lipinski definition) is 1. The summed E-state index contributed by atoms with van der Waals surface area (Å²) in [5.74, 6) is 1.03. The second-order valence-electron chi connectivity index (χ2n) is 4.97. The lowest BCUT2D eigenvalue weighted by Crippen LogP contribution is -2.39. The van der Waals surface area contributed by atoms with E-state index in [1.165, 1.54) is 12.8 Å². The maximum Gasteiger partial charge on any atom is 0.129 e. The van der Waals surface area contributed by atoms with Crippen molar-refractivity contribution < 1.29 is 4.74 Å². The molecule has 106 valence electrons. The fraction of sp³-hybridized carbons (Fsp3) is 0.643. The Morgan fingerprint density at radius 2 is 2.37 bits per heavy atom. The van der Waals surface area contributed by atoms with Crippen molar-refractivity contribution in [1.82, 2.24) is 10.3 Å². The van der Waals surface area contributed by atoms with E-state index in [9.17, 15) is 0 Å². The summed E-state index contributed by atoms with van der Waals surface area (Å²) < 4.78 is 6.27. The minimum absolute atomic E-state index is 0.572. The summed E-state index contributed by atoms with van der Waals surface area (Å²) in [6.45, 7) is 5.76. The summed E-state index contributed by atoms with van der Waals surface area (Å²) in [6, 6.07) is 4.71. The van der Waals surface area contributed by atoms with E-state index >= 15 is 0 Å². The smallest absolute Gasteiger partial charge is 0.129 e. The minimum Gasteiger partial charge on any atom is -0.383 e. The fourth-order valence-electron chi connectivity index (χ4n) is 2.39. The molecule has 1 fully saturated rings. The average molecular weight is 328 g/mol. The van der Waals surface area contributed by atoms with Crippen molar-refractivity contribution >= 4 is 21.7 Å². The molecule has 1 N–H and O–H groups in total. The molecule has 0 aromatic carbocycles. The van der Waals surface area contributed by atoms with Gasteiger partial charge in [0.15, 0.2) is 0 Å². The van der Waals surface area contributed by atoms with Gasteiger partial charge in [0.25, 0.3) is 0 Å². The second-order valence-corrected chi connectivity index (χ2v) is 5.82. The summed E-state index contributed by atoms with van der Waals surface area (Å²) in [5.41, 5.74) is 1.03. The van der Waals surface area contributed by atoms with Crippen LogP contribution >= 0.6 is 15.9 Å². The first-order valence-electron chi connectivity index (χ1n) is 6.81. The fourth-order valence-corrected chi connectivity index (χ4v) is 2.61. The van der Waals surface area contributed by atoms with Crippen LogP contribution in [0.1, 0.15) is 18.5 Å². The quantitative estimate of drug-likeness (QED) is 0.870. The van der Waals surface area contributed by atoms with Crippen molar-refractivity contribution in [2.24, 2.45) is 0 Å². The molecule has 0 saturated carbocycles. The Labute approximate surface area is 123 Å².